The Bertz CT molecular complexity index is 1130. The van der Waals surface area contributed by atoms with Gasteiger partial charge < -0.3 is 5.32 Å². The fourth-order valence-electron chi connectivity index (χ4n) is 4.32. The minimum absolute atomic E-state index is 0.00764. The summed E-state index contributed by atoms with van der Waals surface area (Å²) in [4.78, 5) is 25.3. The monoisotopic (exact) mass is 422 g/mol. The first-order chi connectivity index (χ1) is 15.0. The smallest absolute Gasteiger partial charge is 0.345 e. The first-order valence-electron chi connectivity index (χ1n) is 11.0. The molecule has 0 aliphatic carbocycles. The number of rotatable bonds is 6. The third-order valence-corrected chi connectivity index (χ3v) is 6.00. The number of fused-ring (bicyclic) bond motifs is 1. The molecule has 8 heteroatoms. The Hall–Kier alpha value is -3.16. The highest BCUT2D eigenvalue weighted by Gasteiger charge is 2.23. The van der Waals surface area contributed by atoms with Crippen LogP contribution in [0.5, 0.6) is 0 Å². The minimum atomic E-state index is -0.0385. The van der Waals surface area contributed by atoms with E-state index in [-0.39, 0.29) is 17.6 Å². The van der Waals surface area contributed by atoms with Gasteiger partial charge >= 0.3 is 5.69 Å². The van der Waals surface area contributed by atoms with Crippen molar-refractivity contribution in [1.29, 1.82) is 0 Å². The van der Waals surface area contributed by atoms with Gasteiger partial charge in [0.05, 0.1) is 17.8 Å². The van der Waals surface area contributed by atoms with Crippen molar-refractivity contribution in [2.45, 2.75) is 72.0 Å². The molecule has 0 saturated carbocycles. The fraction of sp³-hybridized carbons (Fsp3) is 0.478. The number of para-hydroxylation sites is 1. The summed E-state index contributed by atoms with van der Waals surface area (Å²) in [5.41, 5.74) is 3.76. The molecule has 1 unspecified atom stereocenters. The average Bonchev–Trinajstić information content (AvgIpc) is 3.11. The third kappa shape index (κ3) is 4.33. The maximum absolute atomic E-state index is 12.8. The Morgan fingerprint density at radius 3 is 2.68 bits per heavy atom. The lowest BCUT2D eigenvalue weighted by Crippen LogP contribution is -2.37. The Kier molecular flexibility index (Phi) is 6.06. The molecule has 0 fully saturated rings. The van der Waals surface area contributed by atoms with Gasteiger partial charge in [-0.2, -0.15) is 10.2 Å². The molecule has 1 amide bonds. The van der Waals surface area contributed by atoms with E-state index in [1.807, 2.05) is 55.8 Å². The van der Waals surface area contributed by atoms with E-state index in [2.05, 4.69) is 15.5 Å². The number of hydrogen-bond acceptors (Lipinski definition) is 4. The first-order valence-corrected chi connectivity index (χ1v) is 11.0. The number of amides is 1. The summed E-state index contributed by atoms with van der Waals surface area (Å²) < 4.78 is 5.22. The highest BCUT2D eigenvalue weighted by Crippen LogP contribution is 2.19. The molecule has 0 radical (unpaired) electrons. The first kappa shape index (κ1) is 21.1. The second-order valence-corrected chi connectivity index (χ2v) is 8.24. The summed E-state index contributed by atoms with van der Waals surface area (Å²) in [7, 11) is 0. The van der Waals surface area contributed by atoms with Crippen LogP contribution in [0.2, 0.25) is 0 Å². The van der Waals surface area contributed by atoms with Crippen LogP contribution >= 0.6 is 0 Å². The number of nitrogens with one attached hydrogen (secondary N) is 1. The number of aryl methyl sites for hydroxylation is 3. The van der Waals surface area contributed by atoms with Gasteiger partial charge in [0.1, 0.15) is 5.82 Å². The van der Waals surface area contributed by atoms with Crippen LogP contribution in [0.15, 0.2) is 35.1 Å². The van der Waals surface area contributed by atoms with Crippen LogP contribution in [0.1, 0.15) is 49.0 Å². The van der Waals surface area contributed by atoms with Crippen LogP contribution in [-0.4, -0.2) is 36.1 Å². The number of carbonyl (C=O) groups is 1. The maximum Gasteiger partial charge on any atom is 0.345 e. The van der Waals surface area contributed by atoms with Gasteiger partial charge in [0.15, 0.2) is 0 Å². The van der Waals surface area contributed by atoms with Crippen molar-refractivity contribution < 1.29 is 4.79 Å². The van der Waals surface area contributed by atoms with Gasteiger partial charge in [-0.25, -0.2) is 14.2 Å². The zero-order chi connectivity index (χ0) is 22.0. The number of hydrogen-bond donors (Lipinski definition) is 1. The zero-order valence-electron chi connectivity index (χ0n) is 18.5. The van der Waals surface area contributed by atoms with Gasteiger partial charge in [-0.15, -0.1) is 0 Å². The lowest BCUT2D eigenvalue weighted by molar-refractivity contribution is -0.121. The standard InChI is InChI=1S/C23H30N6O2/c1-4-13-28-23(31)27-14-12-18(10-11-21(27)26-28)24-22(30)15-20-16(2)25-29(17(20)3)19-8-6-5-7-9-19/h5-9,18H,4,10-15H2,1-3H3,(H,24,30). The van der Waals surface area contributed by atoms with Crippen LogP contribution in [0, 0.1) is 13.8 Å². The Labute approximate surface area is 181 Å². The van der Waals surface area contributed by atoms with E-state index in [4.69, 9.17) is 0 Å². The SMILES string of the molecule is CCCn1nc2n(c1=O)CCC(NC(=O)Cc1c(C)nn(-c3ccccc3)c1C)CC2. The molecule has 8 nitrogen and oxygen atoms in total. The third-order valence-electron chi connectivity index (χ3n) is 6.00. The van der Waals surface area contributed by atoms with E-state index < -0.39 is 0 Å². The van der Waals surface area contributed by atoms with Gasteiger partial charge in [0.25, 0.3) is 0 Å². The van der Waals surface area contributed by atoms with E-state index in [0.717, 1.165) is 47.7 Å². The van der Waals surface area contributed by atoms with Crippen molar-refractivity contribution in [3.8, 4) is 5.69 Å². The average molecular weight is 423 g/mol. The molecule has 2 aromatic heterocycles. The Balaban J connectivity index is 1.41. The van der Waals surface area contributed by atoms with Gasteiger partial charge in [0.2, 0.25) is 5.91 Å². The molecule has 31 heavy (non-hydrogen) atoms. The predicted molar refractivity (Wildman–Crippen MR) is 118 cm³/mol. The lowest BCUT2D eigenvalue weighted by atomic mass is 10.1. The summed E-state index contributed by atoms with van der Waals surface area (Å²) in [5.74, 6) is 0.817. The van der Waals surface area contributed by atoms with Crippen LogP contribution in [0.3, 0.4) is 0 Å². The molecule has 0 bridgehead atoms. The molecule has 1 atom stereocenters. The second-order valence-electron chi connectivity index (χ2n) is 8.24. The Morgan fingerprint density at radius 1 is 1.16 bits per heavy atom. The Morgan fingerprint density at radius 2 is 1.94 bits per heavy atom. The van der Waals surface area contributed by atoms with Gasteiger partial charge in [-0.1, -0.05) is 25.1 Å². The molecule has 1 N–H and O–H groups in total. The quantitative estimate of drug-likeness (QED) is 0.661. The summed E-state index contributed by atoms with van der Waals surface area (Å²) in [6.07, 6.45) is 3.40. The topological polar surface area (TPSA) is 86.7 Å². The summed E-state index contributed by atoms with van der Waals surface area (Å²) >= 11 is 0. The van der Waals surface area contributed by atoms with Crippen LogP contribution < -0.4 is 11.0 Å². The van der Waals surface area contributed by atoms with Crippen LogP contribution in [0.4, 0.5) is 0 Å². The minimum Gasteiger partial charge on any atom is -0.353 e. The van der Waals surface area contributed by atoms with E-state index in [0.29, 0.717) is 25.9 Å². The predicted octanol–water partition coefficient (Wildman–Crippen LogP) is 2.32. The van der Waals surface area contributed by atoms with E-state index in [9.17, 15) is 9.59 Å². The highest BCUT2D eigenvalue weighted by molar-refractivity contribution is 5.79. The van der Waals surface area contributed by atoms with E-state index in [1.165, 1.54) is 0 Å². The molecular formula is C23H30N6O2. The van der Waals surface area contributed by atoms with Crippen molar-refractivity contribution in [3.63, 3.8) is 0 Å². The van der Waals surface area contributed by atoms with Crippen molar-refractivity contribution >= 4 is 5.91 Å². The van der Waals surface area contributed by atoms with Crippen molar-refractivity contribution in [3.05, 3.63) is 63.6 Å². The molecule has 3 aromatic rings. The number of aromatic nitrogens is 5. The molecule has 3 heterocycles. The summed E-state index contributed by atoms with van der Waals surface area (Å²) in [5, 5.41) is 12.3. The molecular weight excluding hydrogens is 392 g/mol. The van der Waals surface area contributed by atoms with Crippen molar-refractivity contribution in [1.82, 2.24) is 29.4 Å². The summed E-state index contributed by atoms with van der Waals surface area (Å²) in [6, 6.07) is 9.98. The van der Waals surface area contributed by atoms with Gasteiger partial charge in [-0.3, -0.25) is 9.36 Å². The summed E-state index contributed by atoms with van der Waals surface area (Å²) in [6.45, 7) is 7.22. The van der Waals surface area contributed by atoms with Crippen molar-refractivity contribution in [2.75, 3.05) is 0 Å². The molecule has 0 saturated heterocycles. The molecule has 4 rings (SSSR count). The van der Waals surface area contributed by atoms with E-state index in [1.54, 1.807) is 9.25 Å². The lowest BCUT2D eigenvalue weighted by Gasteiger charge is -2.16. The van der Waals surface area contributed by atoms with Crippen LogP contribution in [-0.2, 0) is 30.7 Å². The molecule has 1 aliphatic rings. The molecule has 1 aliphatic heterocycles. The molecule has 164 valence electrons. The number of benzene rings is 1. The number of nitrogens with zero attached hydrogens (tertiary/aromatic N) is 5. The van der Waals surface area contributed by atoms with Crippen LogP contribution in [0.25, 0.3) is 5.69 Å². The van der Waals surface area contributed by atoms with E-state index >= 15 is 0 Å². The molecule has 1 aromatic carbocycles. The maximum atomic E-state index is 12.8. The van der Waals surface area contributed by atoms with Crippen molar-refractivity contribution in [2.24, 2.45) is 0 Å². The fourth-order valence-corrected chi connectivity index (χ4v) is 4.32. The number of carbonyl (C=O) groups excluding carboxylic acids is 1. The molecule has 0 spiro atoms. The normalized spacial score (nSPS) is 16.0. The van der Waals surface area contributed by atoms with Gasteiger partial charge in [-0.05, 0) is 45.2 Å². The highest BCUT2D eigenvalue weighted by atomic mass is 16.2. The van der Waals surface area contributed by atoms with Gasteiger partial charge in [0, 0.05) is 36.8 Å². The largest absolute Gasteiger partial charge is 0.353 e. The zero-order valence-corrected chi connectivity index (χ0v) is 18.5. The second kappa shape index (κ2) is 8.91.